The van der Waals surface area contributed by atoms with Gasteiger partial charge in [0.25, 0.3) is 0 Å². The fraction of sp³-hybridized carbons (Fsp3) is 0.571. The first-order chi connectivity index (χ1) is 15.8. The van der Waals surface area contributed by atoms with E-state index in [1.54, 1.807) is 0 Å². The van der Waals surface area contributed by atoms with Crippen molar-refractivity contribution in [1.29, 1.82) is 0 Å². The zero-order chi connectivity index (χ0) is 23.5. The summed E-state index contributed by atoms with van der Waals surface area (Å²) in [5.41, 5.74) is 6.96. The molecule has 5 heteroatoms. The first-order valence-corrected chi connectivity index (χ1v) is 13.0. The average molecular weight is 469 g/mol. The lowest BCUT2D eigenvalue weighted by Crippen LogP contribution is -2.50. The Morgan fingerprint density at radius 3 is 1.88 bits per heavy atom. The Balaban J connectivity index is 1.35. The van der Waals surface area contributed by atoms with Gasteiger partial charge >= 0.3 is 0 Å². The predicted molar refractivity (Wildman–Crippen MR) is 143 cm³/mol. The van der Waals surface area contributed by atoms with Crippen molar-refractivity contribution in [3.05, 3.63) is 58.1 Å². The molecule has 0 N–H and O–H groups in total. The molecule has 0 bridgehead atoms. The van der Waals surface area contributed by atoms with Gasteiger partial charge in [-0.2, -0.15) is 0 Å². The van der Waals surface area contributed by atoms with Crippen LogP contribution >= 0.6 is 11.6 Å². The van der Waals surface area contributed by atoms with E-state index in [9.17, 15) is 0 Å². The maximum Gasteiger partial charge on any atom is 0.0639 e. The summed E-state index contributed by atoms with van der Waals surface area (Å²) >= 11 is 6.42. The van der Waals surface area contributed by atoms with Gasteiger partial charge in [0, 0.05) is 70.1 Å². The molecule has 33 heavy (non-hydrogen) atoms. The largest absolute Gasteiger partial charge is 0.369 e. The van der Waals surface area contributed by atoms with E-state index in [-0.39, 0.29) is 0 Å². The Morgan fingerprint density at radius 1 is 0.758 bits per heavy atom. The number of aryl methyl sites for hydroxylation is 2. The molecule has 0 amide bonds. The van der Waals surface area contributed by atoms with Crippen molar-refractivity contribution in [3.63, 3.8) is 0 Å². The molecule has 2 aromatic rings. The Kier molecular flexibility index (Phi) is 7.88. The second-order valence-corrected chi connectivity index (χ2v) is 10.6. The summed E-state index contributed by atoms with van der Waals surface area (Å²) in [7, 11) is 0. The number of anilines is 2. The molecule has 1 unspecified atom stereocenters. The van der Waals surface area contributed by atoms with Crippen LogP contribution in [0.15, 0.2) is 36.4 Å². The molecule has 1 atom stereocenters. The molecular weight excluding hydrogens is 428 g/mol. The van der Waals surface area contributed by atoms with Crippen LogP contribution in [0.4, 0.5) is 11.4 Å². The number of piperazine rings is 2. The van der Waals surface area contributed by atoms with Gasteiger partial charge in [-0.15, -0.1) is 0 Å². The van der Waals surface area contributed by atoms with E-state index in [4.69, 9.17) is 11.6 Å². The molecule has 0 spiro atoms. The molecule has 2 heterocycles. The van der Waals surface area contributed by atoms with Crippen LogP contribution < -0.4 is 9.80 Å². The van der Waals surface area contributed by atoms with Crippen LogP contribution in [0, 0.1) is 13.8 Å². The van der Waals surface area contributed by atoms with E-state index in [1.807, 2.05) is 12.1 Å². The summed E-state index contributed by atoms with van der Waals surface area (Å²) in [5.74, 6) is 0. The van der Waals surface area contributed by atoms with Crippen LogP contribution in [0.2, 0.25) is 5.02 Å². The van der Waals surface area contributed by atoms with Crippen molar-refractivity contribution in [2.24, 2.45) is 0 Å². The Hall–Kier alpha value is -1.75. The van der Waals surface area contributed by atoms with Crippen molar-refractivity contribution in [1.82, 2.24) is 9.80 Å². The van der Waals surface area contributed by atoms with E-state index < -0.39 is 0 Å². The number of para-hydroxylation sites is 1. The molecule has 0 aromatic heterocycles. The minimum absolute atomic E-state index is 0.539. The molecule has 4 rings (SSSR count). The average Bonchev–Trinajstić information content (AvgIpc) is 2.79. The maximum atomic E-state index is 6.42. The van der Waals surface area contributed by atoms with Gasteiger partial charge in [0.05, 0.1) is 10.7 Å². The smallest absolute Gasteiger partial charge is 0.0639 e. The Bertz CT molecular complexity index is 904. The minimum atomic E-state index is 0.539. The third-order valence-corrected chi connectivity index (χ3v) is 7.89. The lowest BCUT2D eigenvalue weighted by molar-refractivity contribution is 0.196. The standard InChI is InChI=1S/C28H41ClN4/c1-21(2)30-10-16-33(17-11-30)28-22(3)18-25(19-23(28)4)20-24(5)31-12-14-32(15-13-31)27-9-7-6-8-26(27)29/h6-9,18-19,21,24H,10-17,20H2,1-5H3. The molecule has 2 aliphatic heterocycles. The Morgan fingerprint density at radius 2 is 1.30 bits per heavy atom. The van der Waals surface area contributed by atoms with E-state index in [0.717, 1.165) is 63.8 Å². The molecule has 180 valence electrons. The number of hydrogen-bond donors (Lipinski definition) is 0. The van der Waals surface area contributed by atoms with Crippen LogP contribution in [0.5, 0.6) is 0 Å². The van der Waals surface area contributed by atoms with Crippen molar-refractivity contribution >= 4 is 23.0 Å². The third kappa shape index (κ3) is 5.67. The number of hydrogen-bond acceptors (Lipinski definition) is 4. The highest BCUT2D eigenvalue weighted by molar-refractivity contribution is 6.33. The SMILES string of the molecule is Cc1cc(CC(C)N2CCN(c3ccccc3Cl)CC2)cc(C)c1N1CCN(C(C)C)CC1. The fourth-order valence-electron chi connectivity index (χ4n) is 5.71. The zero-order valence-corrected chi connectivity index (χ0v) is 21.9. The van der Waals surface area contributed by atoms with Gasteiger partial charge < -0.3 is 9.80 Å². The first-order valence-electron chi connectivity index (χ1n) is 12.7. The number of rotatable bonds is 6. The summed E-state index contributed by atoms with van der Waals surface area (Å²) in [6, 6.07) is 14.3. The number of benzene rings is 2. The molecule has 0 aliphatic carbocycles. The van der Waals surface area contributed by atoms with E-state index in [2.05, 4.69) is 78.5 Å². The van der Waals surface area contributed by atoms with Gasteiger partial charge in [-0.1, -0.05) is 35.9 Å². The van der Waals surface area contributed by atoms with Crippen molar-refractivity contribution in [2.75, 3.05) is 62.2 Å². The quantitative estimate of drug-likeness (QED) is 0.574. The van der Waals surface area contributed by atoms with Crippen molar-refractivity contribution < 1.29 is 0 Å². The molecule has 0 saturated carbocycles. The second-order valence-electron chi connectivity index (χ2n) is 10.2. The summed E-state index contributed by atoms with van der Waals surface area (Å²) in [6.45, 7) is 20.4. The summed E-state index contributed by atoms with van der Waals surface area (Å²) < 4.78 is 0. The molecule has 2 fully saturated rings. The fourth-order valence-corrected chi connectivity index (χ4v) is 5.96. The number of nitrogens with zero attached hydrogens (tertiary/aromatic N) is 4. The molecule has 4 nitrogen and oxygen atoms in total. The minimum Gasteiger partial charge on any atom is -0.369 e. The molecule has 0 radical (unpaired) electrons. The van der Waals surface area contributed by atoms with E-state index in [0.29, 0.717) is 12.1 Å². The van der Waals surface area contributed by atoms with Crippen LogP contribution in [0.1, 0.15) is 37.5 Å². The highest BCUT2D eigenvalue weighted by Crippen LogP contribution is 2.29. The molecule has 2 aromatic carbocycles. The first kappa shape index (κ1) is 24.4. The van der Waals surface area contributed by atoms with Gasteiger partial charge in [0.2, 0.25) is 0 Å². The second kappa shape index (κ2) is 10.7. The summed E-state index contributed by atoms with van der Waals surface area (Å²) in [6.07, 6.45) is 1.11. The molecule has 2 aliphatic rings. The van der Waals surface area contributed by atoms with Gasteiger partial charge in [-0.05, 0) is 69.9 Å². The lowest BCUT2D eigenvalue weighted by atomic mass is 9.98. The summed E-state index contributed by atoms with van der Waals surface area (Å²) in [4.78, 5) is 10.2. The monoisotopic (exact) mass is 468 g/mol. The van der Waals surface area contributed by atoms with Crippen LogP contribution in [0.3, 0.4) is 0 Å². The Labute approximate surface area is 206 Å². The van der Waals surface area contributed by atoms with Gasteiger partial charge in [-0.3, -0.25) is 9.80 Å². The van der Waals surface area contributed by atoms with Crippen molar-refractivity contribution in [2.45, 2.75) is 53.1 Å². The van der Waals surface area contributed by atoms with E-state index >= 15 is 0 Å². The third-order valence-electron chi connectivity index (χ3n) is 7.57. The van der Waals surface area contributed by atoms with Gasteiger partial charge in [0.1, 0.15) is 0 Å². The highest BCUT2D eigenvalue weighted by atomic mass is 35.5. The van der Waals surface area contributed by atoms with Crippen molar-refractivity contribution in [3.8, 4) is 0 Å². The maximum absolute atomic E-state index is 6.42. The molecule has 2 saturated heterocycles. The molecular formula is C28H41ClN4. The zero-order valence-electron chi connectivity index (χ0n) is 21.1. The van der Waals surface area contributed by atoms with Gasteiger partial charge in [0.15, 0.2) is 0 Å². The topological polar surface area (TPSA) is 13.0 Å². The van der Waals surface area contributed by atoms with E-state index in [1.165, 1.54) is 28.1 Å². The van der Waals surface area contributed by atoms with Crippen LogP contribution in [-0.4, -0.2) is 74.2 Å². The van der Waals surface area contributed by atoms with Crippen LogP contribution in [-0.2, 0) is 6.42 Å². The summed E-state index contributed by atoms with van der Waals surface area (Å²) in [5, 5.41) is 0.857. The van der Waals surface area contributed by atoms with Gasteiger partial charge in [-0.25, -0.2) is 0 Å². The predicted octanol–water partition coefficient (Wildman–Crippen LogP) is 5.24. The normalized spacial score (nSPS) is 19.4. The number of halogens is 1. The lowest BCUT2D eigenvalue weighted by Gasteiger charge is -2.40. The highest BCUT2D eigenvalue weighted by Gasteiger charge is 2.24. The van der Waals surface area contributed by atoms with Crippen LogP contribution in [0.25, 0.3) is 0 Å².